The third-order valence-electron chi connectivity index (χ3n) is 14.5. The first kappa shape index (κ1) is 57.5. The SMILES string of the molecule is CC1CCCCC1NC(=O)NCCCc1nnc(-c2ccccc2)n1C.CC1COCCC1NC(=O)NCCCc1nnc(-c2ccccc2)n1C.Cn1c(CCCNC(=O)NC2CCOCC2)nnc1-c1ccccc1. The zero-order valence-electron chi connectivity index (χ0n) is 45.8. The molecule has 0 bridgehead atoms. The highest BCUT2D eigenvalue weighted by atomic mass is 16.5. The fourth-order valence-corrected chi connectivity index (χ4v) is 9.74. The summed E-state index contributed by atoms with van der Waals surface area (Å²) in [7, 11) is 5.94. The molecular formula is C57H81N15O5. The van der Waals surface area contributed by atoms with Gasteiger partial charge in [0.05, 0.1) is 6.61 Å². The van der Waals surface area contributed by atoms with Gasteiger partial charge in [-0.15, -0.1) is 30.6 Å². The monoisotopic (exact) mass is 1060 g/mol. The summed E-state index contributed by atoms with van der Waals surface area (Å²) in [6, 6.07) is 30.6. The molecule has 20 heteroatoms. The number of aromatic nitrogens is 9. The van der Waals surface area contributed by atoms with Crippen LogP contribution in [0.5, 0.6) is 0 Å². The molecule has 2 saturated heterocycles. The molecule has 3 aromatic heterocycles. The van der Waals surface area contributed by atoms with Crippen molar-refractivity contribution in [2.75, 3.05) is 46.1 Å². The van der Waals surface area contributed by atoms with Gasteiger partial charge in [0.25, 0.3) is 0 Å². The van der Waals surface area contributed by atoms with Gasteiger partial charge in [0, 0.05) is 115 Å². The minimum absolute atomic E-state index is 0.0494. The average Bonchev–Trinajstić information content (AvgIpc) is 4.15. The number of amides is 6. The maximum atomic E-state index is 12.1. The summed E-state index contributed by atoms with van der Waals surface area (Å²) < 4.78 is 16.7. The van der Waals surface area contributed by atoms with Crippen LogP contribution in [-0.4, -0.2) is 127 Å². The van der Waals surface area contributed by atoms with E-state index in [1.807, 2.05) is 126 Å². The van der Waals surface area contributed by atoms with Crippen molar-refractivity contribution in [3.63, 3.8) is 0 Å². The quantitative estimate of drug-likeness (QED) is 0.0467. The molecule has 1 aliphatic carbocycles. The van der Waals surface area contributed by atoms with E-state index < -0.39 is 0 Å². The topological polar surface area (TPSA) is 234 Å². The second kappa shape index (κ2) is 30.5. The summed E-state index contributed by atoms with van der Waals surface area (Å²) in [4.78, 5) is 36.0. The number of nitrogens with zero attached hydrogens (tertiary/aromatic N) is 9. The Morgan fingerprint density at radius 2 is 0.844 bits per heavy atom. The molecule has 3 aliphatic rings. The number of benzene rings is 3. The van der Waals surface area contributed by atoms with Gasteiger partial charge in [-0.05, 0) is 63.2 Å². The van der Waals surface area contributed by atoms with Crippen molar-refractivity contribution in [2.45, 2.75) is 115 Å². The lowest BCUT2D eigenvalue weighted by molar-refractivity contribution is 0.0419. The summed E-state index contributed by atoms with van der Waals surface area (Å²) in [6.45, 7) is 9.05. The van der Waals surface area contributed by atoms with Crippen molar-refractivity contribution in [2.24, 2.45) is 33.0 Å². The van der Waals surface area contributed by atoms with Crippen LogP contribution < -0.4 is 31.9 Å². The van der Waals surface area contributed by atoms with E-state index in [1.165, 1.54) is 19.3 Å². The number of carbonyl (C=O) groups excluding carboxylic acids is 3. The fourth-order valence-electron chi connectivity index (χ4n) is 9.74. The van der Waals surface area contributed by atoms with Gasteiger partial charge >= 0.3 is 18.1 Å². The smallest absolute Gasteiger partial charge is 0.315 e. The Bertz CT molecular complexity index is 2570. The van der Waals surface area contributed by atoms with Crippen molar-refractivity contribution >= 4 is 18.1 Å². The Labute approximate surface area is 453 Å². The molecule has 0 spiro atoms. The summed E-state index contributed by atoms with van der Waals surface area (Å²) >= 11 is 0. The summed E-state index contributed by atoms with van der Waals surface area (Å²) in [5, 5.41) is 43.7. The Balaban J connectivity index is 0.000000168. The molecule has 6 N–H and O–H groups in total. The normalized spacial score (nSPS) is 18.4. The van der Waals surface area contributed by atoms with E-state index in [4.69, 9.17) is 9.47 Å². The molecule has 9 rings (SSSR count). The van der Waals surface area contributed by atoms with Crippen molar-refractivity contribution < 1.29 is 23.9 Å². The lowest BCUT2D eigenvalue weighted by Crippen LogP contribution is -2.48. The molecule has 6 amide bonds. The Morgan fingerprint density at radius 1 is 0.468 bits per heavy atom. The van der Waals surface area contributed by atoms with Gasteiger partial charge in [0.15, 0.2) is 17.5 Å². The standard InChI is InChI=1S/C20H29N5O.C19H27N5O2.C18H25N5O2/c1-15-9-6-7-12-17(15)22-20(26)21-14-8-13-18-23-24-19(25(18)2)16-10-4-3-5-11-16;1-14-13-26-12-10-16(14)21-19(25)20-11-6-9-17-22-23-18(24(17)2)15-7-4-3-5-8-15;1-23-16(21-22-17(23)14-6-3-2-4-7-14)8-5-11-19-18(24)20-15-9-12-25-13-10-15/h3-5,10-11,15,17H,6-9,12-14H2,1-2H3,(H2,21,22,26);3-5,7-8,14,16H,6,9-13H2,1-2H3,(H2,20,21,25);2-4,6-7,15H,5,8-13H2,1H3,(H2,19,20,24). The molecule has 4 atom stereocenters. The van der Waals surface area contributed by atoms with Gasteiger partial charge < -0.3 is 55.1 Å². The third-order valence-corrected chi connectivity index (χ3v) is 14.5. The van der Waals surface area contributed by atoms with Crippen LogP contribution in [0, 0.1) is 11.8 Å². The average molecular weight is 1060 g/mol. The largest absolute Gasteiger partial charge is 0.381 e. The highest BCUT2D eigenvalue weighted by molar-refractivity contribution is 5.75. The number of ether oxygens (including phenoxy) is 2. The molecule has 5 heterocycles. The first-order chi connectivity index (χ1) is 37.5. The Kier molecular flexibility index (Phi) is 22.8. The first-order valence-corrected chi connectivity index (χ1v) is 27.6. The van der Waals surface area contributed by atoms with Crippen LogP contribution in [0.4, 0.5) is 14.4 Å². The minimum Gasteiger partial charge on any atom is -0.381 e. The molecular weight excluding hydrogens is 975 g/mol. The molecule has 3 aromatic carbocycles. The molecule has 20 nitrogen and oxygen atoms in total. The molecule has 6 aromatic rings. The van der Waals surface area contributed by atoms with Gasteiger partial charge in [-0.2, -0.15) is 0 Å². The first-order valence-electron chi connectivity index (χ1n) is 27.6. The zero-order valence-corrected chi connectivity index (χ0v) is 45.8. The second-order valence-corrected chi connectivity index (χ2v) is 20.3. The molecule has 77 heavy (non-hydrogen) atoms. The predicted molar refractivity (Wildman–Crippen MR) is 298 cm³/mol. The molecule has 0 radical (unpaired) electrons. The number of nitrogens with one attached hydrogen (secondary N) is 6. The van der Waals surface area contributed by atoms with Crippen molar-refractivity contribution in [1.82, 2.24) is 76.2 Å². The van der Waals surface area contributed by atoms with E-state index in [0.29, 0.717) is 50.7 Å². The van der Waals surface area contributed by atoms with Gasteiger partial charge in [-0.1, -0.05) is 118 Å². The molecule has 1 saturated carbocycles. The number of aryl methyl sites for hydroxylation is 3. The van der Waals surface area contributed by atoms with Crippen LogP contribution in [0.1, 0.15) is 95.5 Å². The van der Waals surface area contributed by atoms with E-state index in [0.717, 1.165) is 129 Å². The third kappa shape index (κ3) is 17.9. The zero-order chi connectivity index (χ0) is 54.2. The van der Waals surface area contributed by atoms with E-state index in [1.54, 1.807) is 0 Å². The van der Waals surface area contributed by atoms with Gasteiger partial charge in [0.2, 0.25) is 0 Å². The number of rotatable bonds is 18. The molecule has 3 fully saturated rings. The van der Waals surface area contributed by atoms with E-state index in [-0.39, 0.29) is 30.2 Å². The number of carbonyl (C=O) groups is 3. The predicted octanol–water partition coefficient (Wildman–Crippen LogP) is 7.32. The van der Waals surface area contributed by atoms with Gasteiger partial charge in [-0.25, -0.2) is 14.4 Å². The van der Waals surface area contributed by atoms with Gasteiger partial charge in [-0.3, -0.25) is 0 Å². The van der Waals surface area contributed by atoms with Crippen LogP contribution in [0.15, 0.2) is 91.0 Å². The van der Waals surface area contributed by atoms with Crippen LogP contribution in [0.25, 0.3) is 34.2 Å². The van der Waals surface area contributed by atoms with Crippen LogP contribution >= 0.6 is 0 Å². The lowest BCUT2D eigenvalue weighted by Gasteiger charge is -2.29. The molecule has 414 valence electrons. The Morgan fingerprint density at radius 3 is 1.25 bits per heavy atom. The number of urea groups is 3. The summed E-state index contributed by atoms with van der Waals surface area (Å²) in [6.07, 6.45) is 12.2. The fraction of sp³-hybridized carbons (Fsp3) is 0.526. The maximum absolute atomic E-state index is 12.1. The highest BCUT2D eigenvalue weighted by Crippen LogP contribution is 2.24. The van der Waals surface area contributed by atoms with E-state index in [2.05, 4.69) is 76.3 Å². The van der Waals surface area contributed by atoms with E-state index >= 15 is 0 Å². The minimum atomic E-state index is -0.105. The summed E-state index contributed by atoms with van der Waals surface area (Å²) in [5.41, 5.74) is 3.17. The van der Waals surface area contributed by atoms with Crippen molar-refractivity contribution in [3.8, 4) is 34.2 Å². The summed E-state index contributed by atoms with van der Waals surface area (Å²) in [5.74, 6) is 6.30. The van der Waals surface area contributed by atoms with E-state index in [9.17, 15) is 14.4 Å². The molecule has 4 unspecified atom stereocenters. The number of hydrogen-bond donors (Lipinski definition) is 6. The number of hydrogen-bond acceptors (Lipinski definition) is 11. The lowest BCUT2D eigenvalue weighted by atomic mass is 9.86. The van der Waals surface area contributed by atoms with Crippen LogP contribution in [0.2, 0.25) is 0 Å². The van der Waals surface area contributed by atoms with Crippen molar-refractivity contribution in [1.29, 1.82) is 0 Å². The molecule has 2 aliphatic heterocycles. The van der Waals surface area contributed by atoms with Gasteiger partial charge in [0.1, 0.15) is 17.5 Å². The maximum Gasteiger partial charge on any atom is 0.315 e. The van der Waals surface area contributed by atoms with Crippen LogP contribution in [0.3, 0.4) is 0 Å². The highest BCUT2D eigenvalue weighted by Gasteiger charge is 2.24. The second-order valence-electron chi connectivity index (χ2n) is 20.3. The Hall–Kier alpha value is -7.19. The van der Waals surface area contributed by atoms with Crippen molar-refractivity contribution in [3.05, 3.63) is 108 Å². The van der Waals surface area contributed by atoms with Crippen LogP contribution in [-0.2, 0) is 49.9 Å².